The van der Waals surface area contributed by atoms with Gasteiger partial charge in [0.15, 0.2) is 5.78 Å². The lowest BCUT2D eigenvalue weighted by molar-refractivity contribution is -0.384. The summed E-state index contributed by atoms with van der Waals surface area (Å²) in [6, 6.07) is 13.0. The van der Waals surface area contributed by atoms with E-state index in [1.54, 1.807) is 24.3 Å². The Kier molecular flexibility index (Phi) is 5.18. The average Bonchev–Trinajstić information content (AvgIpc) is 3.15. The minimum atomic E-state index is -0.806. The number of Topliss-reactive ketones (excluding diaryl/α,β-unsaturated/α-hetero) is 1. The highest BCUT2D eigenvalue weighted by atomic mass is 16.6. The largest absolute Gasteiger partial charge is 0.465 e. The summed E-state index contributed by atoms with van der Waals surface area (Å²) < 4.78 is 16.9. The fourth-order valence-corrected chi connectivity index (χ4v) is 4.50. The Balaban J connectivity index is 1.73. The van der Waals surface area contributed by atoms with Gasteiger partial charge in [-0.3, -0.25) is 14.9 Å². The molecule has 5 rings (SSSR count). The molecule has 9 nitrogen and oxygen atoms in total. The zero-order valence-electron chi connectivity index (χ0n) is 17.8. The highest BCUT2D eigenvalue weighted by Crippen LogP contribution is 2.50. The van der Waals surface area contributed by atoms with Crippen molar-refractivity contribution in [3.63, 3.8) is 0 Å². The summed E-state index contributed by atoms with van der Waals surface area (Å²) in [7, 11) is 1.27. The summed E-state index contributed by atoms with van der Waals surface area (Å²) in [5.41, 5.74) is 2.12. The predicted octanol–water partition coefficient (Wildman–Crippen LogP) is 3.03. The Morgan fingerprint density at radius 3 is 2.39 bits per heavy atom. The van der Waals surface area contributed by atoms with Crippen molar-refractivity contribution in [3.05, 3.63) is 92.4 Å². The number of nitrogens with zero attached hydrogens (tertiary/aromatic N) is 2. The summed E-state index contributed by atoms with van der Waals surface area (Å²) in [4.78, 5) is 39.1. The van der Waals surface area contributed by atoms with Crippen molar-refractivity contribution in [1.82, 2.24) is 4.90 Å². The number of morpholine rings is 1. The number of hydrogen-bond acceptors (Lipinski definition) is 8. The van der Waals surface area contributed by atoms with Crippen LogP contribution in [0.4, 0.5) is 5.69 Å². The molecule has 33 heavy (non-hydrogen) atoms. The van der Waals surface area contributed by atoms with Crippen molar-refractivity contribution in [3.8, 4) is 0 Å². The Morgan fingerprint density at radius 1 is 1.09 bits per heavy atom. The van der Waals surface area contributed by atoms with Gasteiger partial charge in [0.25, 0.3) is 5.69 Å². The van der Waals surface area contributed by atoms with Crippen molar-refractivity contribution >= 4 is 23.2 Å². The summed E-state index contributed by atoms with van der Waals surface area (Å²) in [6.45, 7) is 1.93. The molecule has 0 amide bonds. The van der Waals surface area contributed by atoms with Crippen molar-refractivity contribution < 1.29 is 28.7 Å². The van der Waals surface area contributed by atoms with E-state index in [-0.39, 0.29) is 17.0 Å². The predicted molar refractivity (Wildman–Crippen MR) is 116 cm³/mol. The third-order valence-electron chi connectivity index (χ3n) is 6.05. The molecule has 2 heterocycles. The number of fused-ring (bicyclic) bond motifs is 2. The molecule has 168 valence electrons. The molecular weight excluding hydrogens is 428 g/mol. The molecule has 9 heteroatoms. The third kappa shape index (κ3) is 3.37. The molecule has 0 saturated carbocycles. The number of hydrogen-bond donors (Lipinski definition) is 0. The number of ketones is 1. The minimum absolute atomic E-state index is 0.0851. The Morgan fingerprint density at radius 2 is 1.76 bits per heavy atom. The first-order valence-electron chi connectivity index (χ1n) is 10.5. The van der Waals surface area contributed by atoms with Crippen molar-refractivity contribution in [2.75, 3.05) is 33.4 Å². The highest BCUT2D eigenvalue weighted by molar-refractivity contribution is 6.22. The number of non-ortho nitro benzene ring substituents is 1. The van der Waals surface area contributed by atoms with Crippen LogP contribution in [0.2, 0.25) is 0 Å². The summed E-state index contributed by atoms with van der Waals surface area (Å²) in [5.74, 6) is -0.967. The normalized spacial score (nSPS) is 19.7. The van der Waals surface area contributed by atoms with E-state index in [0.29, 0.717) is 60.2 Å². The minimum Gasteiger partial charge on any atom is -0.465 e. The summed E-state index contributed by atoms with van der Waals surface area (Å²) >= 11 is 0. The Bertz CT molecular complexity index is 1220. The number of ether oxygens (including phenoxy) is 3. The van der Waals surface area contributed by atoms with Crippen LogP contribution in [0.1, 0.15) is 27.4 Å². The number of benzene rings is 2. The standard InChI is InChI=1S/C24H20N2O7/c1-31-24(28)20-18(14-6-8-15(9-7-14)26(29)30)19-21(27)16-4-2-3-5-17(16)22(19)33-23(20)25-10-12-32-13-11-25/h2-9,18H,10-13H2,1H3. The van der Waals surface area contributed by atoms with Gasteiger partial charge in [-0.15, -0.1) is 0 Å². The molecule has 0 N–H and O–H groups in total. The van der Waals surface area contributed by atoms with E-state index in [1.165, 1.54) is 19.2 Å². The molecule has 0 aromatic heterocycles. The third-order valence-corrected chi connectivity index (χ3v) is 6.05. The fraction of sp³-hybridized carbons (Fsp3) is 0.250. The van der Waals surface area contributed by atoms with Crippen LogP contribution < -0.4 is 0 Å². The quantitative estimate of drug-likeness (QED) is 0.399. The molecule has 0 spiro atoms. The van der Waals surface area contributed by atoms with Gasteiger partial charge >= 0.3 is 5.97 Å². The molecule has 3 aliphatic rings. The number of carbonyl (C=O) groups excluding carboxylic acids is 2. The zero-order valence-corrected chi connectivity index (χ0v) is 17.8. The van der Waals surface area contributed by atoms with Crippen molar-refractivity contribution in [2.24, 2.45) is 0 Å². The van der Waals surface area contributed by atoms with Gasteiger partial charge in [0.2, 0.25) is 5.88 Å². The van der Waals surface area contributed by atoms with Crippen LogP contribution in [0.15, 0.2) is 65.6 Å². The zero-order chi connectivity index (χ0) is 23.1. The maximum atomic E-state index is 13.5. The molecular formula is C24H20N2O7. The smallest absolute Gasteiger partial charge is 0.340 e. The number of esters is 1. The van der Waals surface area contributed by atoms with Gasteiger partial charge in [0.05, 0.1) is 36.7 Å². The van der Waals surface area contributed by atoms with Gasteiger partial charge < -0.3 is 19.1 Å². The Hall–Kier alpha value is -3.98. The SMILES string of the molecule is COC(=O)C1=C(N2CCOCC2)OC2=C(C(=O)c3ccccc32)C1c1ccc([N+](=O)[O-])cc1. The van der Waals surface area contributed by atoms with Gasteiger partial charge in [-0.25, -0.2) is 4.79 Å². The van der Waals surface area contributed by atoms with E-state index in [4.69, 9.17) is 14.2 Å². The van der Waals surface area contributed by atoms with E-state index in [9.17, 15) is 19.7 Å². The average molecular weight is 448 g/mol. The van der Waals surface area contributed by atoms with Crippen LogP contribution in [-0.2, 0) is 19.0 Å². The number of allylic oxidation sites excluding steroid dienone is 1. The number of carbonyl (C=O) groups is 2. The second-order valence-corrected chi connectivity index (χ2v) is 7.81. The first-order valence-corrected chi connectivity index (χ1v) is 10.5. The molecule has 2 aromatic carbocycles. The summed E-state index contributed by atoms with van der Waals surface area (Å²) in [5, 5.41) is 11.2. The fourth-order valence-electron chi connectivity index (χ4n) is 4.50. The lowest BCUT2D eigenvalue weighted by Gasteiger charge is -2.36. The van der Waals surface area contributed by atoms with E-state index >= 15 is 0 Å². The van der Waals surface area contributed by atoms with Crippen molar-refractivity contribution in [2.45, 2.75) is 5.92 Å². The molecule has 0 bridgehead atoms. The molecule has 2 aromatic rings. The number of nitro benzene ring substituents is 1. The van der Waals surface area contributed by atoms with Crippen LogP contribution >= 0.6 is 0 Å². The highest BCUT2D eigenvalue weighted by Gasteiger charge is 2.46. The van der Waals surface area contributed by atoms with E-state index in [2.05, 4.69) is 0 Å². The second kappa shape index (κ2) is 8.18. The Labute approximate surface area is 189 Å². The van der Waals surface area contributed by atoms with Gasteiger partial charge in [-0.2, -0.15) is 0 Å². The lowest BCUT2D eigenvalue weighted by atomic mass is 9.81. The molecule has 0 radical (unpaired) electrons. The monoisotopic (exact) mass is 448 g/mol. The number of nitro groups is 1. The molecule has 1 saturated heterocycles. The van der Waals surface area contributed by atoms with E-state index < -0.39 is 16.8 Å². The number of rotatable bonds is 4. The molecule has 1 aliphatic carbocycles. The van der Waals surface area contributed by atoms with Crippen LogP contribution in [0, 0.1) is 10.1 Å². The molecule has 1 unspecified atom stereocenters. The van der Waals surface area contributed by atoms with Crippen LogP contribution in [0.3, 0.4) is 0 Å². The number of methoxy groups -OCH3 is 1. The lowest BCUT2D eigenvalue weighted by Crippen LogP contribution is -2.39. The van der Waals surface area contributed by atoms with E-state index in [1.807, 2.05) is 17.0 Å². The van der Waals surface area contributed by atoms with Crippen molar-refractivity contribution in [1.29, 1.82) is 0 Å². The van der Waals surface area contributed by atoms with Gasteiger partial charge in [-0.05, 0) is 5.56 Å². The van der Waals surface area contributed by atoms with Crippen LogP contribution in [-0.4, -0.2) is 55.0 Å². The molecule has 1 fully saturated rings. The van der Waals surface area contributed by atoms with Crippen LogP contribution in [0.5, 0.6) is 0 Å². The summed E-state index contributed by atoms with van der Waals surface area (Å²) in [6.07, 6.45) is 0. The maximum Gasteiger partial charge on any atom is 0.340 e. The first kappa shape index (κ1) is 20.9. The molecule has 1 atom stereocenters. The maximum absolute atomic E-state index is 13.5. The topological polar surface area (TPSA) is 108 Å². The second-order valence-electron chi connectivity index (χ2n) is 7.81. The molecule has 2 aliphatic heterocycles. The van der Waals surface area contributed by atoms with Gasteiger partial charge in [0.1, 0.15) is 11.3 Å². The van der Waals surface area contributed by atoms with Gasteiger partial charge in [-0.1, -0.05) is 36.4 Å². The first-order chi connectivity index (χ1) is 16.0. The van der Waals surface area contributed by atoms with Crippen LogP contribution in [0.25, 0.3) is 5.76 Å². The van der Waals surface area contributed by atoms with Gasteiger partial charge in [0, 0.05) is 36.3 Å². The van der Waals surface area contributed by atoms with E-state index in [0.717, 1.165) is 0 Å².